The zero-order chi connectivity index (χ0) is 18.6. The van der Waals surface area contributed by atoms with Crippen LogP contribution >= 0.6 is 11.6 Å². The standard InChI is InChI=1S/C21H28ClN3/c1-7-24(5)14-23-20-11-16(3)21(12-19(20)22)25(6)13-18-10-8-9-15(2)17(18)4/h8-12,14H,7,13H2,1-6H3. The Morgan fingerprint density at radius 3 is 2.48 bits per heavy atom. The maximum absolute atomic E-state index is 6.47. The van der Waals surface area contributed by atoms with Crippen LogP contribution in [-0.4, -0.2) is 31.9 Å². The van der Waals surface area contributed by atoms with Crippen molar-refractivity contribution in [3.63, 3.8) is 0 Å². The highest BCUT2D eigenvalue weighted by Crippen LogP contribution is 2.33. The molecular formula is C21H28ClN3. The molecule has 0 aromatic heterocycles. The molecule has 0 spiro atoms. The van der Waals surface area contributed by atoms with Crippen molar-refractivity contribution >= 4 is 29.3 Å². The van der Waals surface area contributed by atoms with Gasteiger partial charge in [-0.05, 0) is 62.1 Å². The van der Waals surface area contributed by atoms with Gasteiger partial charge in [-0.2, -0.15) is 0 Å². The predicted molar refractivity (Wildman–Crippen MR) is 111 cm³/mol. The Balaban J connectivity index is 2.26. The third-order valence-electron chi connectivity index (χ3n) is 4.69. The minimum absolute atomic E-state index is 0.675. The van der Waals surface area contributed by atoms with Crippen LogP contribution < -0.4 is 4.90 Å². The molecular weight excluding hydrogens is 330 g/mol. The van der Waals surface area contributed by atoms with Gasteiger partial charge in [-0.3, -0.25) is 0 Å². The highest BCUT2D eigenvalue weighted by molar-refractivity contribution is 6.33. The average Bonchev–Trinajstić information content (AvgIpc) is 2.58. The SMILES string of the molecule is CCN(C)C=Nc1cc(C)c(N(C)Cc2cccc(C)c2C)cc1Cl. The van der Waals surface area contributed by atoms with Gasteiger partial charge in [-0.15, -0.1) is 0 Å². The number of rotatable bonds is 6. The zero-order valence-electron chi connectivity index (χ0n) is 16.1. The third kappa shape index (κ3) is 4.76. The topological polar surface area (TPSA) is 18.8 Å². The van der Waals surface area contributed by atoms with Gasteiger partial charge in [0.2, 0.25) is 0 Å². The van der Waals surface area contributed by atoms with Crippen molar-refractivity contribution < 1.29 is 0 Å². The number of benzene rings is 2. The molecule has 2 aromatic rings. The number of anilines is 1. The summed E-state index contributed by atoms with van der Waals surface area (Å²) in [4.78, 5) is 8.76. The summed E-state index contributed by atoms with van der Waals surface area (Å²) in [5.74, 6) is 0. The quantitative estimate of drug-likeness (QED) is 0.501. The van der Waals surface area contributed by atoms with Gasteiger partial charge in [0.15, 0.2) is 0 Å². The lowest BCUT2D eigenvalue weighted by Gasteiger charge is -2.23. The van der Waals surface area contributed by atoms with Crippen LogP contribution in [0.4, 0.5) is 11.4 Å². The summed E-state index contributed by atoms with van der Waals surface area (Å²) < 4.78 is 0. The second kappa shape index (κ2) is 8.39. The van der Waals surface area contributed by atoms with Gasteiger partial charge in [-0.1, -0.05) is 29.8 Å². The van der Waals surface area contributed by atoms with Crippen molar-refractivity contribution in [2.45, 2.75) is 34.2 Å². The fourth-order valence-electron chi connectivity index (χ4n) is 2.73. The Bertz CT molecular complexity index is 768. The Kier molecular flexibility index (Phi) is 6.49. The van der Waals surface area contributed by atoms with E-state index in [1.165, 1.54) is 22.3 Å². The largest absolute Gasteiger partial charge is 0.370 e. The molecule has 0 bridgehead atoms. The van der Waals surface area contributed by atoms with E-state index < -0.39 is 0 Å². The maximum atomic E-state index is 6.47. The van der Waals surface area contributed by atoms with Crippen LogP contribution in [0.2, 0.25) is 5.02 Å². The van der Waals surface area contributed by atoms with Crippen molar-refractivity contribution in [1.29, 1.82) is 0 Å². The van der Waals surface area contributed by atoms with Gasteiger partial charge in [0, 0.05) is 32.9 Å². The lowest BCUT2D eigenvalue weighted by molar-refractivity contribution is 0.552. The first-order valence-corrected chi connectivity index (χ1v) is 9.02. The first-order chi connectivity index (χ1) is 11.8. The molecule has 0 saturated heterocycles. The molecule has 2 aromatic carbocycles. The van der Waals surface area contributed by atoms with Crippen molar-refractivity contribution in [3.05, 3.63) is 57.6 Å². The van der Waals surface area contributed by atoms with E-state index in [2.05, 4.69) is 68.9 Å². The fraction of sp³-hybridized carbons (Fsp3) is 0.381. The number of aliphatic imine (C=N–C) groups is 1. The first-order valence-electron chi connectivity index (χ1n) is 8.64. The molecule has 4 heteroatoms. The van der Waals surface area contributed by atoms with Crippen molar-refractivity contribution in [2.75, 3.05) is 25.5 Å². The highest BCUT2D eigenvalue weighted by atomic mass is 35.5. The molecule has 0 aliphatic carbocycles. The molecule has 0 saturated carbocycles. The van der Waals surface area contributed by atoms with Gasteiger partial charge in [0.05, 0.1) is 17.0 Å². The Morgan fingerprint density at radius 2 is 1.80 bits per heavy atom. The molecule has 134 valence electrons. The lowest BCUT2D eigenvalue weighted by Crippen LogP contribution is -2.18. The highest BCUT2D eigenvalue weighted by Gasteiger charge is 2.11. The molecule has 3 nitrogen and oxygen atoms in total. The molecule has 25 heavy (non-hydrogen) atoms. The number of hydrogen-bond donors (Lipinski definition) is 0. The number of halogens is 1. The van der Waals surface area contributed by atoms with Crippen LogP contribution in [0.5, 0.6) is 0 Å². The Morgan fingerprint density at radius 1 is 1.08 bits per heavy atom. The van der Waals surface area contributed by atoms with Crippen LogP contribution in [0, 0.1) is 20.8 Å². The smallest absolute Gasteiger partial charge is 0.0910 e. The summed E-state index contributed by atoms with van der Waals surface area (Å²) in [6, 6.07) is 10.5. The second-order valence-corrected chi connectivity index (χ2v) is 7.03. The monoisotopic (exact) mass is 357 g/mol. The van der Waals surface area contributed by atoms with E-state index in [9.17, 15) is 0 Å². The summed E-state index contributed by atoms with van der Waals surface area (Å²) in [5, 5.41) is 0.675. The minimum atomic E-state index is 0.675. The summed E-state index contributed by atoms with van der Waals surface area (Å²) >= 11 is 6.47. The van der Waals surface area contributed by atoms with Crippen LogP contribution in [-0.2, 0) is 6.54 Å². The van der Waals surface area contributed by atoms with E-state index in [1.54, 1.807) is 0 Å². The van der Waals surface area contributed by atoms with Crippen LogP contribution in [0.15, 0.2) is 35.3 Å². The summed E-state index contributed by atoms with van der Waals surface area (Å²) in [6.45, 7) is 10.3. The van der Waals surface area contributed by atoms with Gasteiger partial charge in [0.1, 0.15) is 0 Å². The van der Waals surface area contributed by atoms with E-state index >= 15 is 0 Å². The van der Waals surface area contributed by atoms with Gasteiger partial charge in [-0.25, -0.2) is 4.99 Å². The molecule has 0 heterocycles. The van der Waals surface area contributed by atoms with E-state index in [0.717, 1.165) is 24.5 Å². The number of hydrogen-bond acceptors (Lipinski definition) is 2. The molecule has 0 unspecified atom stereocenters. The van der Waals surface area contributed by atoms with Gasteiger partial charge in [0.25, 0.3) is 0 Å². The summed E-state index contributed by atoms with van der Waals surface area (Å²) in [5.41, 5.74) is 7.12. The van der Waals surface area contributed by atoms with Crippen LogP contribution in [0.1, 0.15) is 29.2 Å². The van der Waals surface area contributed by atoms with Crippen LogP contribution in [0.25, 0.3) is 0 Å². The molecule has 2 rings (SSSR count). The van der Waals surface area contributed by atoms with Crippen molar-refractivity contribution in [2.24, 2.45) is 4.99 Å². The summed E-state index contributed by atoms with van der Waals surface area (Å²) in [6.07, 6.45) is 1.82. The molecule has 0 atom stereocenters. The van der Waals surface area contributed by atoms with Crippen LogP contribution in [0.3, 0.4) is 0 Å². The first kappa shape index (κ1) is 19.3. The van der Waals surface area contributed by atoms with Crippen molar-refractivity contribution in [1.82, 2.24) is 4.90 Å². The van der Waals surface area contributed by atoms with E-state index in [1.807, 2.05) is 24.4 Å². The molecule has 0 fully saturated rings. The Labute approximate surface area is 156 Å². The van der Waals surface area contributed by atoms with E-state index in [4.69, 9.17) is 11.6 Å². The predicted octanol–water partition coefficient (Wildman–Crippen LogP) is 5.51. The molecule has 0 aliphatic heterocycles. The molecule has 0 N–H and O–H groups in total. The lowest BCUT2D eigenvalue weighted by atomic mass is 10.0. The Hall–Kier alpha value is -2.00. The number of aryl methyl sites for hydroxylation is 2. The van der Waals surface area contributed by atoms with E-state index in [-0.39, 0.29) is 0 Å². The third-order valence-corrected chi connectivity index (χ3v) is 5.00. The normalized spacial score (nSPS) is 11.2. The summed E-state index contributed by atoms with van der Waals surface area (Å²) in [7, 11) is 4.10. The molecule has 0 radical (unpaired) electrons. The van der Waals surface area contributed by atoms with E-state index in [0.29, 0.717) is 5.02 Å². The van der Waals surface area contributed by atoms with Gasteiger partial charge >= 0.3 is 0 Å². The number of nitrogens with zero attached hydrogens (tertiary/aromatic N) is 3. The zero-order valence-corrected chi connectivity index (χ0v) is 16.9. The molecule has 0 amide bonds. The fourth-order valence-corrected chi connectivity index (χ4v) is 2.94. The second-order valence-electron chi connectivity index (χ2n) is 6.62. The minimum Gasteiger partial charge on any atom is -0.370 e. The maximum Gasteiger partial charge on any atom is 0.0910 e. The van der Waals surface area contributed by atoms with Crippen molar-refractivity contribution in [3.8, 4) is 0 Å². The van der Waals surface area contributed by atoms with Gasteiger partial charge < -0.3 is 9.80 Å². The average molecular weight is 358 g/mol. The molecule has 0 aliphatic rings.